The number of carbonyl (C=O) groups excluding carboxylic acids is 1. The number of hydrogen-bond donors (Lipinski definition) is 1. The molecule has 1 aliphatic heterocycles. The predicted molar refractivity (Wildman–Crippen MR) is 107 cm³/mol. The minimum Gasteiger partial charge on any atom is -0.378 e. The minimum absolute atomic E-state index is 0. The van der Waals surface area contributed by atoms with Crippen molar-refractivity contribution in [2.24, 2.45) is 5.41 Å². The van der Waals surface area contributed by atoms with Crippen LogP contribution in [0, 0.1) is 5.41 Å². The second-order valence-corrected chi connectivity index (χ2v) is 8.08. The van der Waals surface area contributed by atoms with Crippen molar-refractivity contribution in [2.75, 3.05) is 26.2 Å². The fourth-order valence-corrected chi connectivity index (χ4v) is 4.29. The summed E-state index contributed by atoms with van der Waals surface area (Å²) in [6.07, 6.45) is 5.94. The van der Waals surface area contributed by atoms with Crippen molar-refractivity contribution in [1.82, 2.24) is 25.2 Å². The molecule has 154 valence electrons. The molecule has 1 saturated carbocycles. The number of ether oxygens (including phenoxy) is 1. The summed E-state index contributed by atoms with van der Waals surface area (Å²) in [4.78, 5) is 15.2. The number of piperidine rings is 1. The first-order valence-electron chi connectivity index (χ1n) is 10.0. The minimum atomic E-state index is -0.0358. The first-order valence-corrected chi connectivity index (χ1v) is 10.0. The fourth-order valence-electron chi connectivity index (χ4n) is 4.29. The van der Waals surface area contributed by atoms with E-state index in [1.807, 2.05) is 22.7 Å². The Morgan fingerprint density at radius 3 is 2.67 bits per heavy atom. The van der Waals surface area contributed by atoms with Crippen molar-refractivity contribution in [3.05, 3.63) is 11.9 Å². The van der Waals surface area contributed by atoms with Crippen molar-refractivity contribution in [3.8, 4) is 0 Å². The first-order chi connectivity index (χ1) is 12.5. The second-order valence-electron chi connectivity index (χ2n) is 8.08. The number of hydrogen-bond acceptors (Lipinski definition) is 5. The summed E-state index contributed by atoms with van der Waals surface area (Å²) in [6, 6.07) is 0.530. The van der Waals surface area contributed by atoms with Gasteiger partial charge >= 0.3 is 0 Å². The molecular weight excluding hydrogens is 366 g/mol. The van der Waals surface area contributed by atoms with Crippen molar-refractivity contribution in [1.29, 1.82) is 0 Å². The molecular formula is C19H34ClN5O2. The molecule has 1 amide bonds. The molecule has 0 radical (unpaired) electrons. The third-order valence-corrected chi connectivity index (χ3v) is 6.01. The van der Waals surface area contributed by atoms with Crippen LogP contribution in [0.25, 0.3) is 0 Å². The zero-order valence-electron chi connectivity index (χ0n) is 17.0. The number of rotatable bonds is 7. The largest absolute Gasteiger partial charge is 0.378 e. The zero-order valence-corrected chi connectivity index (χ0v) is 17.8. The molecule has 2 unspecified atom stereocenters. The number of aromatic nitrogens is 3. The Morgan fingerprint density at radius 1 is 1.37 bits per heavy atom. The quantitative estimate of drug-likeness (QED) is 0.763. The Hall–Kier alpha value is -1.18. The van der Waals surface area contributed by atoms with Crippen LogP contribution in [0.3, 0.4) is 0 Å². The Morgan fingerprint density at radius 2 is 2.07 bits per heavy atom. The van der Waals surface area contributed by atoms with E-state index in [0.717, 1.165) is 45.3 Å². The summed E-state index contributed by atoms with van der Waals surface area (Å²) in [5.74, 6) is 0.0000536. The van der Waals surface area contributed by atoms with Gasteiger partial charge in [-0.2, -0.15) is 0 Å². The molecule has 2 atom stereocenters. The summed E-state index contributed by atoms with van der Waals surface area (Å²) in [7, 11) is 0. The van der Waals surface area contributed by atoms with E-state index in [-0.39, 0.29) is 35.9 Å². The molecule has 27 heavy (non-hydrogen) atoms. The third-order valence-electron chi connectivity index (χ3n) is 6.01. The van der Waals surface area contributed by atoms with E-state index in [2.05, 4.69) is 36.4 Å². The van der Waals surface area contributed by atoms with Gasteiger partial charge in [-0.15, -0.1) is 17.5 Å². The van der Waals surface area contributed by atoms with Gasteiger partial charge in [0, 0.05) is 24.6 Å². The van der Waals surface area contributed by atoms with E-state index in [1.54, 1.807) is 0 Å². The number of halogens is 1. The first kappa shape index (κ1) is 22.1. The average molecular weight is 400 g/mol. The Balaban J connectivity index is 0.00000261. The molecule has 8 heteroatoms. The molecule has 1 aliphatic carbocycles. The van der Waals surface area contributed by atoms with Crippen LogP contribution in [-0.2, 0) is 4.74 Å². The fraction of sp³-hybridized carbons (Fsp3) is 0.842. The third kappa shape index (κ3) is 4.46. The zero-order chi connectivity index (χ0) is 18.7. The van der Waals surface area contributed by atoms with Crippen molar-refractivity contribution < 1.29 is 9.53 Å². The molecule has 2 aliphatic rings. The van der Waals surface area contributed by atoms with Gasteiger partial charge in [0.05, 0.1) is 18.3 Å². The highest BCUT2D eigenvalue weighted by Crippen LogP contribution is 2.46. The molecule has 1 saturated heterocycles. The molecule has 1 aromatic rings. The van der Waals surface area contributed by atoms with Crippen LogP contribution in [0.5, 0.6) is 0 Å². The highest BCUT2D eigenvalue weighted by Gasteiger charge is 2.52. The molecule has 1 aromatic heterocycles. The van der Waals surface area contributed by atoms with E-state index < -0.39 is 0 Å². The molecule has 0 bridgehead atoms. The summed E-state index contributed by atoms with van der Waals surface area (Å²) in [5.41, 5.74) is 0.430. The van der Waals surface area contributed by atoms with Gasteiger partial charge in [0.15, 0.2) is 5.69 Å². The molecule has 1 N–H and O–H groups in total. The summed E-state index contributed by atoms with van der Waals surface area (Å²) in [5, 5.41) is 11.8. The van der Waals surface area contributed by atoms with Gasteiger partial charge in [-0.05, 0) is 45.7 Å². The van der Waals surface area contributed by atoms with E-state index >= 15 is 0 Å². The summed E-state index contributed by atoms with van der Waals surface area (Å²) in [6.45, 7) is 12.0. The number of nitrogens with one attached hydrogen (secondary N) is 1. The maximum absolute atomic E-state index is 13.2. The van der Waals surface area contributed by atoms with Crippen LogP contribution in [0.15, 0.2) is 6.20 Å². The lowest BCUT2D eigenvalue weighted by Gasteiger charge is -2.55. The molecule has 2 heterocycles. The van der Waals surface area contributed by atoms with Crippen molar-refractivity contribution in [3.63, 3.8) is 0 Å². The lowest BCUT2D eigenvalue weighted by atomic mass is 9.63. The topological polar surface area (TPSA) is 72.3 Å². The number of nitrogens with zero attached hydrogens (tertiary/aromatic N) is 4. The van der Waals surface area contributed by atoms with Gasteiger partial charge in [-0.3, -0.25) is 4.79 Å². The monoisotopic (exact) mass is 399 g/mol. The van der Waals surface area contributed by atoms with Gasteiger partial charge in [0.2, 0.25) is 0 Å². The second kappa shape index (κ2) is 9.34. The van der Waals surface area contributed by atoms with Crippen LogP contribution >= 0.6 is 12.4 Å². The van der Waals surface area contributed by atoms with Crippen molar-refractivity contribution in [2.45, 2.75) is 71.6 Å². The maximum Gasteiger partial charge on any atom is 0.276 e. The Labute approximate surface area is 168 Å². The smallest absolute Gasteiger partial charge is 0.276 e. The SMILES string of the molecule is CCCN(C(=O)c1cn(C2CCNCC2)nn1)C1CC(OCC)C1(C)C.Cl. The number of carbonyl (C=O) groups is 1. The summed E-state index contributed by atoms with van der Waals surface area (Å²) < 4.78 is 7.73. The predicted octanol–water partition coefficient (Wildman–Crippen LogP) is 2.68. The molecule has 0 spiro atoms. The molecule has 2 fully saturated rings. The standard InChI is InChI=1S/C19H33N5O2.ClH/c1-5-11-23(16-12-17(26-6-2)19(16,3)4)18(25)15-13-24(22-21-15)14-7-9-20-10-8-14;/h13-14,16-17,20H,5-12H2,1-4H3;1H. The van der Waals surface area contributed by atoms with Gasteiger partial charge in [0.25, 0.3) is 5.91 Å². The van der Waals surface area contributed by atoms with E-state index in [9.17, 15) is 4.79 Å². The molecule has 3 rings (SSSR count). The highest BCUT2D eigenvalue weighted by molar-refractivity contribution is 5.92. The van der Waals surface area contributed by atoms with Crippen LogP contribution in [0.2, 0.25) is 0 Å². The van der Waals surface area contributed by atoms with Crippen molar-refractivity contribution >= 4 is 18.3 Å². The van der Waals surface area contributed by atoms with Crippen LogP contribution in [0.1, 0.15) is 69.9 Å². The Kier molecular flexibility index (Phi) is 7.65. The van der Waals surface area contributed by atoms with Gasteiger partial charge in [-0.25, -0.2) is 4.68 Å². The van der Waals surface area contributed by atoms with Gasteiger partial charge in [-0.1, -0.05) is 26.0 Å². The average Bonchev–Trinajstić information content (AvgIpc) is 3.14. The normalized spacial score (nSPS) is 24.7. The van der Waals surface area contributed by atoms with E-state index in [4.69, 9.17) is 4.74 Å². The van der Waals surface area contributed by atoms with Crippen LogP contribution < -0.4 is 5.32 Å². The lowest BCUT2D eigenvalue weighted by Crippen LogP contribution is -2.63. The Bertz CT molecular complexity index is 615. The summed E-state index contributed by atoms with van der Waals surface area (Å²) >= 11 is 0. The maximum atomic E-state index is 13.2. The van der Waals surface area contributed by atoms with Crippen LogP contribution in [0.4, 0.5) is 0 Å². The lowest BCUT2D eigenvalue weighted by molar-refractivity contribution is -0.140. The molecule has 0 aromatic carbocycles. The van der Waals surface area contributed by atoms with E-state index in [1.165, 1.54) is 0 Å². The van der Waals surface area contributed by atoms with E-state index in [0.29, 0.717) is 18.3 Å². The van der Waals surface area contributed by atoms with Gasteiger partial charge < -0.3 is 15.0 Å². The highest BCUT2D eigenvalue weighted by atomic mass is 35.5. The van der Waals surface area contributed by atoms with Gasteiger partial charge in [0.1, 0.15) is 0 Å². The molecule has 7 nitrogen and oxygen atoms in total. The number of amides is 1. The van der Waals surface area contributed by atoms with Crippen LogP contribution in [-0.4, -0.2) is 64.2 Å².